The Labute approximate surface area is 188 Å². The monoisotopic (exact) mass is 443 g/mol. The molecule has 0 aliphatic rings. The van der Waals surface area contributed by atoms with Gasteiger partial charge in [0.1, 0.15) is 22.4 Å². The van der Waals surface area contributed by atoms with Crippen LogP contribution in [-0.4, -0.2) is 25.1 Å². The molecule has 2 N–H and O–H groups in total. The van der Waals surface area contributed by atoms with Crippen molar-refractivity contribution in [2.75, 3.05) is 0 Å². The van der Waals surface area contributed by atoms with Crippen molar-refractivity contribution in [3.63, 3.8) is 0 Å². The van der Waals surface area contributed by atoms with Crippen LogP contribution >= 0.6 is 11.3 Å². The van der Waals surface area contributed by atoms with E-state index in [0.717, 1.165) is 32.9 Å². The molecule has 0 saturated carbocycles. The van der Waals surface area contributed by atoms with E-state index in [1.54, 1.807) is 10.9 Å². The Morgan fingerprint density at radius 3 is 2.66 bits per heavy atom. The molecule has 1 unspecified atom stereocenters. The van der Waals surface area contributed by atoms with Gasteiger partial charge in [-0.25, -0.2) is 4.98 Å². The van der Waals surface area contributed by atoms with Crippen LogP contribution in [0.25, 0.3) is 27.3 Å². The summed E-state index contributed by atoms with van der Waals surface area (Å²) in [5, 5.41) is 4.23. The van der Waals surface area contributed by atoms with Crippen molar-refractivity contribution >= 4 is 22.9 Å². The van der Waals surface area contributed by atoms with Crippen LogP contribution in [0.3, 0.4) is 0 Å². The highest BCUT2D eigenvalue weighted by atomic mass is 32.1. The molecule has 32 heavy (non-hydrogen) atoms. The Kier molecular flexibility index (Phi) is 4.99. The zero-order valence-corrected chi connectivity index (χ0v) is 18.4. The van der Waals surface area contributed by atoms with Gasteiger partial charge >= 0.3 is 0 Å². The van der Waals surface area contributed by atoms with Crippen molar-refractivity contribution in [2.45, 2.75) is 13.0 Å². The average molecular weight is 444 g/mol. The van der Waals surface area contributed by atoms with Gasteiger partial charge in [-0.1, -0.05) is 30.3 Å². The van der Waals surface area contributed by atoms with E-state index in [4.69, 9.17) is 10.5 Å². The summed E-state index contributed by atoms with van der Waals surface area (Å²) in [7, 11) is 1.89. The zero-order chi connectivity index (χ0) is 22.2. The molecule has 0 spiro atoms. The molecule has 1 amide bonds. The third-order valence-electron chi connectivity index (χ3n) is 5.30. The van der Waals surface area contributed by atoms with Gasteiger partial charge in [0.05, 0.1) is 23.0 Å². The number of hydrogen-bond donors (Lipinski definition) is 1. The summed E-state index contributed by atoms with van der Waals surface area (Å²) in [5.41, 5.74) is 10.4. The Morgan fingerprint density at radius 1 is 1.12 bits per heavy atom. The number of pyridine rings is 1. The number of benzene rings is 1. The quantitative estimate of drug-likeness (QED) is 0.412. The van der Waals surface area contributed by atoms with E-state index in [1.165, 1.54) is 11.3 Å². The third kappa shape index (κ3) is 3.65. The van der Waals surface area contributed by atoms with E-state index in [1.807, 2.05) is 85.5 Å². The number of carbonyl (C=O) groups excluding carboxylic acids is 1. The number of aryl methyl sites for hydroxylation is 1. The molecule has 0 aliphatic carbocycles. The molecule has 1 atom stereocenters. The smallest absolute Gasteiger partial charge is 0.262 e. The molecule has 4 aromatic heterocycles. The summed E-state index contributed by atoms with van der Waals surface area (Å²) in [6.45, 7) is 1.95. The van der Waals surface area contributed by atoms with E-state index in [9.17, 15) is 4.79 Å². The molecular weight excluding hydrogens is 422 g/mol. The summed E-state index contributed by atoms with van der Waals surface area (Å²) in [4.78, 5) is 17.9. The van der Waals surface area contributed by atoms with Gasteiger partial charge in [0, 0.05) is 31.1 Å². The van der Waals surface area contributed by atoms with E-state index < -0.39 is 5.91 Å². The van der Waals surface area contributed by atoms with Gasteiger partial charge in [-0.2, -0.15) is 5.10 Å². The maximum Gasteiger partial charge on any atom is 0.262 e. The number of hydrogen-bond acceptors (Lipinski definition) is 5. The van der Waals surface area contributed by atoms with E-state index in [0.29, 0.717) is 10.6 Å². The van der Waals surface area contributed by atoms with Crippen LogP contribution in [0, 0.1) is 0 Å². The van der Waals surface area contributed by atoms with Crippen LogP contribution in [0.15, 0.2) is 73.3 Å². The van der Waals surface area contributed by atoms with Crippen molar-refractivity contribution < 1.29 is 9.53 Å². The highest BCUT2D eigenvalue weighted by Gasteiger charge is 2.20. The molecule has 0 fully saturated rings. The lowest BCUT2D eigenvalue weighted by molar-refractivity contribution is 0.0998. The predicted molar refractivity (Wildman–Crippen MR) is 125 cm³/mol. The maximum atomic E-state index is 12.1. The van der Waals surface area contributed by atoms with Gasteiger partial charge < -0.3 is 10.5 Å². The predicted octanol–water partition coefficient (Wildman–Crippen LogP) is 4.70. The van der Waals surface area contributed by atoms with Gasteiger partial charge in [-0.3, -0.25) is 13.9 Å². The first-order chi connectivity index (χ1) is 15.5. The Morgan fingerprint density at radius 2 is 1.94 bits per heavy atom. The lowest BCUT2D eigenvalue weighted by Gasteiger charge is -2.14. The topological polar surface area (TPSA) is 87.4 Å². The normalized spacial score (nSPS) is 12.2. The summed E-state index contributed by atoms with van der Waals surface area (Å²) in [6.07, 6.45) is 7.33. The fourth-order valence-corrected chi connectivity index (χ4v) is 4.60. The second-order valence-corrected chi connectivity index (χ2v) is 8.58. The number of imidazole rings is 1. The SMILES string of the molecule is CC(Oc1cc(-c2cnc3cc(-c4cnn(C)c4)ccn23)sc1C(N)=O)c1ccccc1. The van der Waals surface area contributed by atoms with Crippen molar-refractivity contribution in [3.05, 3.63) is 83.8 Å². The van der Waals surface area contributed by atoms with E-state index in [-0.39, 0.29) is 6.10 Å². The van der Waals surface area contributed by atoms with Gasteiger partial charge in [0.15, 0.2) is 0 Å². The molecule has 0 saturated heterocycles. The van der Waals surface area contributed by atoms with E-state index in [2.05, 4.69) is 10.1 Å². The largest absolute Gasteiger partial charge is 0.484 e. The summed E-state index contributed by atoms with van der Waals surface area (Å²) in [6, 6.07) is 15.8. The first kappa shape index (κ1) is 20.0. The number of aromatic nitrogens is 4. The second kappa shape index (κ2) is 7.97. The number of carbonyl (C=O) groups is 1. The fourth-order valence-electron chi connectivity index (χ4n) is 3.66. The molecule has 5 aromatic rings. The Balaban J connectivity index is 1.50. The highest BCUT2D eigenvalue weighted by Crippen LogP contribution is 2.38. The first-order valence-electron chi connectivity index (χ1n) is 10.1. The van der Waals surface area contributed by atoms with Gasteiger partial charge in [0.25, 0.3) is 5.91 Å². The molecule has 0 bridgehead atoms. The van der Waals surface area contributed by atoms with Crippen LogP contribution in [0.2, 0.25) is 0 Å². The molecule has 4 heterocycles. The van der Waals surface area contributed by atoms with Gasteiger partial charge in [-0.05, 0) is 30.2 Å². The van der Waals surface area contributed by atoms with Crippen LogP contribution in [0.5, 0.6) is 5.75 Å². The standard InChI is InChI=1S/C24H21N5O2S/c1-15(16-6-4-3-5-7-16)31-20-11-21(32-23(20)24(25)30)19-13-26-22-10-17(8-9-29(19)22)18-12-27-28(2)14-18/h3-15H,1-2H3,(H2,25,30). The fraction of sp³-hybridized carbons (Fsp3) is 0.125. The number of primary amides is 1. The Bertz CT molecular complexity index is 1420. The molecule has 0 aliphatic heterocycles. The van der Waals surface area contributed by atoms with Crippen LogP contribution in [0.1, 0.15) is 28.3 Å². The lowest BCUT2D eigenvalue weighted by Crippen LogP contribution is -2.11. The number of amides is 1. The maximum absolute atomic E-state index is 12.1. The number of fused-ring (bicyclic) bond motifs is 1. The van der Waals surface area contributed by atoms with Crippen molar-refractivity contribution in [3.8, 4) is 27.4 Å². The highest BCUT2D eigenvalue weighted by molar-refractivity contribution is 7.17. The van der Waals surface area contributed by atoms with Crippen molar-refractivity contribution in [2.24, 2.45) is 12.8 Å². The molecule has 5 rings (SSSR count). The minimum absolute atomic E-state index is 0.221. The molecule has 0 radical (unpaired) electrons. The number of nitrogens with zero attached hydrogens (tertiary/aromatic N) is 4. The minimum Gasteiger partial charge on any atom is -0.484 e. The average Bonchev–Trinajstić information content (AvgIpc) is 3.51. The number of nitrogens with two attached hydrogens (primary N) is 1. The first-order valence-corrected chi connectivity index (χ1v) is 10.9. The zero-order valence-electron chi connectivity index (χ0n) is 17.6. The number of rotatable bonds is 6. The number of thiophene rings is 1. The molecule has 160 valence electrons. The minimum atomic E-state index is -0.510. The molecule has 1 aromatic carbocycles. The van der Waals surface area contributed by atoms with Gasteiger partial charge in [0.2, 0.25) is 0 Å². The Hall–Kier alpha value is -3.91. The lowest BCUT2D eigenvalue weighted by atomic mass is 10.1. The molecular formula is C24H21N5O2S. The van der Waals surface area contributed by atoms with E-state index >= 15 is 0 Å². The number of ether oxygens (including phenoxy) is 1. The molecule has 7 nitrogen and oxygen atoms in total. The third-order valence-corrected chi connectivity index (χ3v) is 6.45. The summed E-state index contributed by atoms with van der Waals surface area (Å²) >= 11 is 1.31. The van der Waals surface area contributed by atoms with Crippen LogP contribution < -0.4 is 10.5 Å². The summed E-state index contributed by atoms with van der Waals surface area (Å²) in [5.74, 6) is -0.0278. The second-order valence-electron chi connectivity index (χ2n) is 7.53. The van der Waals surface area contributed by atoms with Crippen LogP contribution in [-0.2, 0) is 7.05 Å². The van der Waals surface area contributed by atoms with Gasteiger partial charge in [-0.15, -0.1) is 11.3 Å². The van der Waals surface area contributed by atoms with Crippen LogP contribution in [0.4, 0.5) is 0 Å². The van der Waals surface area contributed by atoms with Crippen molar-refractivity contribution in [1.82, 2.24) is 19.2 Å². The summed E-state index contributed by atoms with van der Waals surface area (Å²) < 4.78 is 9.89. The molecule has 8 heteroatoms. The van der Waals surface area contributed by atoms with Crippen molar-refractivity contribution in [1.29, 1.82) is 0 Å².